The number of hydrogen-bond donors (Lipinski definition) is 4. The fraction of sp³-hybridized carbons (Fsp3) is 0.276. The van der Waals surface area contributed by atoms with Crippen LogP contribution >= 0.6 is 0 Å². The summed E-state index contributed by atoms with van der Waals surface area (Å²) in [6.45, 7) is 6.31. The number of carbonyl (C=O) groups excluding carboxylic acids is 1. The number of anilines is 3. The van der Waals surface area contributed by atoms with E-state index in [1.807, 2.05) is 26.0 Å². The van der Waals surface area contributed by atoms with Crippen molar-refractivity contribution in [2.24, 2.45) is 0 Å². The number of aromatic nitrogens is 2. The van der Waals surface area contributed by atoms with Crippen molar-refractivity contribution in [2.75, 3.05) is 30.3 Å². The van der Waals surface area contributed by atoms with Gasteiger partial charge in [0.15, 0.2) is 0 Å². The first-order chi connectivity index (χ1) is 18.3. The molecule has 9 nitrogen and oxygen atoms in total. The Morgan fingerprint density at radius 3 is 2.68 bits per heavy atom. The van der Waals surface area contributed by atoms with Crippen LogP contribution in [0.5, 0.6) is 0 Å². The third-order valence-corrected chi connectivity index (χ3v) is 6.51. The molecule has 9 heteroatoms. The lowest BCUT2D eigenvalue weighted by atomic mass is 9.83. The van der Waals surface area contributed by atoms with Crippen LogP contribution < -0.4 is 16.0 Å². The van der Waals surface area contributed by atoms with Crippen LogP contribution in [0.4, 0.5) is 17.3 Å². The van der Waals surface area contributed by atoms with E-state index in [-0.39, 0.29) is 19.1 Å². The number of aliphatic hydroxyl groups is 1. The topological polar surface area (TPSA) is 147 Å². The second-order valence-electron chi connectivity index (χ2n) is 9.28. The molecule has 0 bridgehead atoms. The molecule has 2 heterocycles. The molecule has 0 saturated carbocycles. The Kier molecular flexibility index (Phi) is 7.58. The number of amides is 1. The number of benzene rings is 2. The predicted molar refractivity (Wildman–Crippen MR) is 144 cm³/mol. The Balaban J connectivity index is 1.62. The van der Waals surface area contributed by atoms with Crippen molar-refractivity contribution in [2.45, 2.75) is 32.6 Å². The summed E-state index contributed by atoms with van der Waals surface area (Å²) in [6, 6.07) is 13.4. The Labute approximate surface area is 221 Å². The molecule has 4 N–H and O–H groups in total. The van der Waals surface area contributed by atoms with Crippen LogP contribution in [-0.4, -0.2) is 40.7 Å². The number of aliphatic hydroxyl groups excluding tert-OH is 1. The second kappa shape index (κ2) is 11.0. The fourth-order valence-corrected chi connectivity index (χ4v) is 4.21. The average molecular weight is 506 g/mol. The number of nitrogens with one attached hydrogen (secondary N) is 3. The van der Waals surface area contributed by atoms with E-state index in [4.69, 9.17) is 0 Å². The summed E-state index contributed by atoms with van der Waals surface area (Å²) in [4.78, 5) is 20.4. The van der Waals surface area contributed by atoms with Gasteiger partial charge >= 0.3 is 0 Å². The van der Waals surface area contributed by atoms with E-state index in [9.17, 15) is 20.4 Å². The van der Waals surface area contributed by atoms with Crippen LogP contribution in [0, 0.1) is 41.4 Å². The average Bonchev–Trinajstić information content (AvgIpc) is 3.28. The van der Waals surface area contributed by atoms with Crippen molar-refractivity contribution in [3.63, 3.8) is 0 Å². The van der Waals surface area contributed by atoms with Gasteiger partial charge in [-0.25, -0.2) is 9.97 Å². The Morgan fingerprint density at radius 1 is 1.18 bits per heavy atom. The first-order valence-electron chi connectivity index (χ1n) is 12.2. The molecule has 0 saturated heterocycles. The standard InChI is InChI=1S/C29H27N7O2/c1-4-26(38)32-8-5-6-19-10-18(2)25(13-21(19)14-30)36-28-33-9-7-24(35-28)20-11-22(15-31)27-23(12-20)29(3,17-37)16-34-27/h7,9-13,34,37H,4,8,16-17H2,1-3H3,(H,32,38)(H,33,35,36)/t29-/m1/s1. The minimum absolute atomic E-state index is 0.0495. The maximum absolute atomic E-state index is 11.4. The van der Waals surface area contributed by atoms with E-state index in [0.29, 0.717) is 47.0 Å². The lowest BCUT2D eigenvalue weighted by Crippen LogP contribution is -2.28. The molecule has 4 rings (SSSR count). The van der Waals surface area contributed by atoms with Gasteiger partial charge in [-0.3, -0.25) is 4.79 Å². The van der Waals surface area contributed by atoms with Crippen LogP contribution in [0.2, 0.25) is 0 Å². The second-order valence-corrected chi connectivity index (χ2v) is 9.28. The zero-order chi connectivity index (χ0) is 27.3. The molecule has 0 unspecified atom stereocenters. The van der Waals surface area contributed by atoms with Crippen molar-refractivity contribution in [3.8, 4) is 35.2 Å². The maximum Gasteiger partial charge on any atom is 0.227 e. The van der Waals surface area contributed by atoms with Gasteiger partial charge in [0.1, 0.15) is 12.1 Å². The molecule has 0 fully saturated rings. The molecule has 1 aromatic heterocycles. The normalized spacial score (nSPS) is 15.2. The number of rotatable bonds is 6. The third-order valence-electron chi connectivity index (χ3n) is 6.51. The summed E-state index contributed by atoms with van der Waals surface area (Å²) in [7, 11) is 0. The molecule has 190 valence electrons. The van der Waals surface area contributed by atoms with E-state index in [1.54, 1.807) is 31.3 Å². The highest BCUT2D eigenvalue weighted by atomic mass is 16.3. The van der Waals surface area contributed by atoms with Crippen molar-refractivity contribution in [1.29, 1.82) is 10.5 Å². The molecule has 0 aliphatic carbocycles. The molecule has 3 aromatic rings. The fourth-order valence-electron chi connectivity index (χ4n) is 4.21. The molecule has 38 heavy (non-hydrogen) atoms. The molecule has 0 radical (unpaired) electrons. The van der Waals surface area contributed by atoms with Crippen molar-refractivity contribution in [3.05, 3.63) is 64.3 Å². The highest BCUT2D eigenvalue weighted by Crippen LogP contribution is 2.41. The Hall–Kier alpha value is -4.91. The largest absolute Gasteiger partial charge is 0.395 e. The number of nitrogens with zero attached hydrogens (tertiary/aromatic N) is 4. The number of fused-ring (bicyclic) bond motifs is 1. The van der Waals surface area contributed by atoms with Crippen molar-refractivity contribution >= 4 is 23.2 Å². The van der Waals surface area contributed by atoms with E-state index in [2.05, 4.69) is 49.9 Å². The number of carbonyl (C=O) groups is 1. The van der Waals surface area contributed by atoms with E-state index in [0.717, 1.165) is 22.4 Å². The van der Waals surface area contributed by atoms with Gasteiger partial charge in [0.05, 0.1) is 35.7 Å². The molecule has 1 aliphatic heterocycles. The number of nitriles is 2. The molecule has 2 aromatic carbocycles. The van der Waals surface area contributed by atoms with Gasteiger partial charge in [-0.2, -0.15) is 10.5 Å². The molecule has 1 aliphatic rings. The van der Waals surface area contributed by atoms with Crippen molar-refractivity contribution < 1.29 is 9.90 Å². The molecular weight excluding hydrogens is 478 g/mol. The van der Waals surface area contributed by atoms with Gasteiger partial charge in [0, 0.05) is 41.4 Å². The maximum atomic E-state index is 11.4. The third kappa shape index (κ3) is 5.27. The smallest absolute Gasteiger partial charge is 0.227 e. The zero-order valence-corrected chi connectivity index (χ0v) is 21.4. The minimum atomic E-state index is -0.498. The summed E-state index contributed by atoms with van der Waals surface area (Å²) in [5.74, 6) is 6.08. The van der Waals surface area contributed by atoms with Gasteiger partial charge in [0.2, 0.25) is 11.9 Å². The highest BCUT2D eigenvalue weighted by Gasteiger charge is 2.36. The van der Waals surface area contributed by atoms with Crippen molar-refractivity contribution in [1.82, 2.24) is 15.3 Å². The van der Waals surface area contributed by atoms with Crippen LogP contribution in [-0.2, 0) is 10.2 Å². The zero-order valence-electron chi connectivity index (χ0n) is 21.4. The first-order valence-corrected chi connectivity index (χ1v) is 12.2. The molecular formula is C29H27N7O2. The summed E-state index contributed by atoms with van der Waals surface area (Å²) < 4.78 is 0. The SMILES string of the molecule is CCC(=O)NCC#Cc1cc(C)c(Nc2nccc(-c3cc(C#N)c4c(c3)[C@@](C)(CO)CN4)n2)cc1C#N. The van der Waals surface area contributed by atoms with Gasteiger partial charge in [-0.1, -0.05) is 25.7 Å². The summed E-state index contributed by atoms with van der Waals surface area (Å²) in [5, 5.41) is 38.5. The lowest BCUT2D eigenvalue weighted by molar-refractivity contribution is -0.120. The summed E-state index contributed by atoms with van der Waals surface area (Å²) >= 11 is 0. The van der Waals surface area contributed by atoms with Crippen LogP contribution in [0.1, 0.15) is 48.1 Å². The van der Waals surface area contributed by atoms with Gasteiger partial charge in [0.25, 0.3) is 0 Å². The van der Waals surface area contributed by atoms with E-state index < -0.39 is 5.41 Å². The van der Waals surface area contributed by atoms with E-state index >= 15 is 0 Å². The number of aryl methyl sites for hydroxylation is 1. The lowest BCUT2D eigenvalue weighted by Gasteiger charge is -2.21. The predicted octanol–water partition coefficient (Wildman–Crippen LogP) is 3.49. The quantitative estimate of drug-likeness (QED) is 0.372. The van der Waals surface area contributed by atoms with Gasteiger partial charge in [-0.15, -0.1) is 0 Å². The van der Waals surface area contributed by atoms with Crippen LogP contribution in [0.25, 0.3) is 11.3 Å². The summed E-state index contributed by atoms with van der Waals surface area (Å²) in [5.41, 5.74) is 5.42. The van der Waals surface area contributed by atoms with E-state index in [1.165, 1.54) is 0 Å². The van der Waals surface area contributed by atoms with Crippen LogP contribution in [0.3, 0.4) is 0 Å². The summed E-state index contributed by atoms with van der Waals surface area (Å²) in [6.07, 6.45) is 2.01. The van der Waals surface area contributed by atoms with Crippen LogP contribution in [0.15, 0.2) is 36.5 Å². The highest BCUT2D eigenvalue weighted by molar-refractivity contribution is 5.77. The van der Waals surface area contributed by atoms with Gasteiger partial charge in [-0.05, 0) is 48.4 Å². The molecule has 1 amide bonds. The first kappa shape index (κ1) is 26.2. The Morgan fingerprint density at radius 2 is 1.97 bits per heavy atom. The Bertz CT molecular complexity index is 1560. The number of hydrogen-bond acceptors (Lipinski definition) is 8. The monoisotopic (exact) mass is 505 g/mol. The minimum Gasteiger partial charge on any atom is -0.395 e. The van der Waals surface area contributed by atoms with Gasteiger partial charge < -0.3 is 21.1 Å². The molecule has 1 atom stereocenters. The molecule has 0 spiro atoms.